The van der Waals surface area contributed by atoms with Crippen molar-refractivity contribution in [2.24, 2.45) is 0 Å². The van der Waals surface area contributed by atoms with E-state index in [1.807, 2.05) is 0 Å². The van der Waals surface area contributed by atoms with Crippen molar-refractivity contribution in [2.75, 3.05) is 0 Å². The Morgan fingerprint density at radius 2 is 1.67 bits per heavy atom. The molecule has 0 aromatic heterocycles. The molecular weight excluding hydrogens is 192 g/mol. The van der Waals surface area contributed by atoms with E-state index in [1.165, 1.54) is 26.7 Å². The van der Waals surface area contributed by atoms with Crippen molar-refractivity contribution in [3.8, 4) is 0 Å². The van der Waals surface area contributed by atoms with Gasteiger partial charge in [-0.25, -0.2) is 0 Å². The fraction of sp³-hybridized carbons (Fsp3) is 0.833. The minimum absolute atomic E-state index is 0.302. The number of hydrogen-bond acceptors (Lipinski definition) is 3. The fourth-order valence-corrected chi connectivity index (χ4v) is 1.33. The predicted octanol–water partition coefficient (Wildman–Crippen LogP) is 2.26. The highest BCUT2D eigenvalue weighted by atomic mass is 16.3. The second kappa shape index (κ2) is 6.72. The van der Waals surface area contributed by atoms with Crippen LogP contribution in [0.5, 0.6) is 0 Å². The van der Waals surface area contributed by atoms with Crippen LogP contribution in [-0.4, -0.2) is 22.3 Å². The number of unbranched alkanes of at least 4 members (excludes halogenated alkanes) is 4. The SMILES string of the molecule is CCCCCCCC(=O)C(C)(O)C(C)=O. The van der Waals surface area contributed by atoms with Gasteiger partial charge in [0.2, 0.25) is 0 Å². The second-order valence-corrected chi connectivity index (χ2v) is 4.22. The van der Waals surface area contributed by atoms with Crippen molar-refractivity contribution in [1.29, 1.82) is 0 Å². The van der Waals surface area contributed by atoms with E-state index >= 15 is 0 Å². The third-order valence-electron chi connectivity index (χ3n) is 2.74. The largest absolute Gasteiger partial charge is 0.375 e. The maximum atomic E-state index is 11.5. The van der Waals surface area contributed by atoms with E-state index in [0.717, 1.165) is 19.3 Å². The number of ketones is 2. The van der Waals surface area contributed by atoms with Crippen LogP contribution in [-0.2, 0) is 9.59 Å². The summed E-state index contributed by atoms with van der Waals surface area (Å²) in [6.45, 7) is 4.66. The summed E-state index contributed by atoms with van der Waals surface area (Å²) in [6, 6.07) is 0. The van der Waals surface area contributed by atoms with Gasteiger partial charge < -0.3 is 5.11 Å². The number of carbonyl (C=O) groups is 2. The van der Waals surface area contributed by atoms with Crippen LogP contribution in [0.25, 0.3) is 0 Å². The van der Waals surface area contributed by atoms with Crippen LogP contribution in [0.15, 0.2) is 0 Å². The molecule has 0 saturated heterocycles. The van der Waals surface area contributed by atoms with Crippen LogP contribution in [0.2, 0.25) is 0 Å². The minimum atomic E-state index is -1.77. The standard InChI is InChI=1S/C12H22O3/c1-4-5-6-7-8-9-11(14)12(3,15)10(2)13/h15H,4-9H2,1-3H3. The van der Waals surface area contributed by atoms with Gasteiger partial charge in [0, 0.05) is 6.42 Å². The number of carbonyl (C=O) groups excluding carboxylic acids is 2. The Balaban J connectivity index is 3.79. The molecule has 0 aromatic rings. The maximum Gasteiger partial charge on any atom is 0.177 e. The zero-order valence-corrected chi connectivity index (χ0v) is 10.0. The highest BCUT2D eigenvalue weighted by Crippen LogP contribution is 2.13. The Bertz CT molecular complexity index is 219. The lowest BCUT2D eigenvalue weighted by Gasteiger charge is -2.17. The van der Waals surface area contributed by atoms with Crippen molar-refractivity contribution in [1.82, 2.24) is 0 Å². The molecule has 3 nitrogen and oxygen atoms in total. The molecule has 15 heavy (non-hydrogen) atoms. The summed E-state index contributed by atoms with van der Waals surface area (Å²) in [7, 11) is 0. The van der Waals surface area contributed by atoms with Crippen molar-refractivity contribution in [2.45, 2.75) is 64.9 Å². The Labute approximate surface area is 91.9 Å². The number of Topliss-reactive ketones (excluding diaryl/α,β-unsaturated/α-hetero) is 2. The molecule has 0 aliphatic rings. The zero-order valence-electron chi connectivity index (χ0n) is 10.0. The molecule has 3 heteroatoms. The van der Waals surface area contributed by atoms with Crippen LogP contribution in [0, 0.1) is 0 Å². The van der Waals surface area contributed by atoms with E-state index in [9.17, 15) is 14.7 Å². The Kier molecular flexibility index (Phi) is 6.41. The van der Waals surface area contributed by atoms with E-state index in [4.69, 9.17) is 0 Å². The molecule has 0 radical (unpaired) electrons. The molecular formula is C12H22O3. The van der Waals surface area contributed by atoms with Crippen LogP contribution in [0.4, 0.5) is 0 Å². The number of rotatable bonds is 8. The molecule has 1 atom stereocenters. The molecule has 0 amide bonds. The lowest BCUT2D eigenvalue weighted by atomic mass is 9.92. The smallest absolute Gasteiger partial charge is 0.177 e. The average Bonchev–Trinajstić information content (AvgIpc) is 2.16. The molecule has 1 unspecified atom stereocenters. The zero-order chi connectivity index (χ0) is 11.9. The van der Waals surface area contributed by atoms with Crippen molar-refractivity contribution < 1.29 is 14.7 Å². The first-order valence-electron chi connectivity index (χ1n) is 5.69. The molecule has 0 aromatic carbocycles. The first kappa shape index (κ1) is 14.3. The van der Waals surface area contributed by atoms with Gasteiger partial charge in [0.15, 0.2) is 17.2 Å². The molecule has 1 N–H and O–H groups in total. The molecule has 0 bridgehead atoms. The highest BCUT2D eigenvalue weighted by Gasteiger charge is 2.34. The Morgan fingerprint density at radius 1 is 1.13 bits per heavy atom. The van der Waals surface area contributed by atoms with Gasteiger partial charge >= 0.3 is 0 Å². The molecule has 88 valence electrons. The Morgan fingerprint density at radius 3 is 2.13 bits per heavy atom. The first-order valence-corrected chi connectivity index (χ1v) is 5.69. The summed E-state index contributed by atoms with van der Waals surface area (Å²) in [5.74, 6) is -0.826. The number of hydrogen-bond donors (Lipinski definition) is 1. The van der Waals surface area contributed by atoms with Gasteiger partial charge in [-0.2, -0.15) is 0 Å². The second-order valence-electron chi connectivity index (χ2n) is 4.22. The average molecular weight is 214 g/mol. The van der Waals surface area contributed by atoms with Gasteiger partial charge in [0.25, 0.3) is 0 Å². The van der Waals surface area contributed by atoms with E-state index in [-0.39, 0.29) is 5.78 Å². The van der Waals surface area contributed by atoms with E-state index in [1.54, 1.807) is 0 Å². The van der Waals surface area contributed by atoms with Crippen LogP contribution < -0.4 is 0 Å². The summed E-state index contributed by atoms with van der Waals surface area (Å²) in [6.07, 6.45) is 5.52. The number of aliphatic hydroxyl groups is 1. The van der Waals surface area contributed by atoms with Crippen molar-refractivity contribution >= 4 is 11.6 Å². The topological polar surface area (TPSA) is 54.4 Å². The highest BCUT2D eigenvalue weighted by molar-refractivity contribution is 6.08. The Hall–Kier alpha value is -0.700. The molecule has 0 heterocycles. The van der Waals surface area contributed by atoms with Gasteiger partial charge in [-0.3, -0.25) is 9.59 Å². The summed E-state index contributed by atoms with van der Waals surface area (Å²) in [5.41, 5.74) is -1.77. The summed E-state index contributed by atoms with van der Waals surface area (Å²) < 4.78 is 0. The normalized spacial score (nSPS) is 14.7. The fourth-order valence-electron chi connectivity index (χ4n) is 1.33. The molecule has 0 aliphatic heterocycles. The molecule has 0 saturated carbocycles. The lowest BCUT2D eigenvalue weighted by molar-refractivity contribution is -0.147. The summed E-state index contributed by atoms with van der Waals surface area (Å²) in [4.78, 5) is 22.4. The molecule has 0 spiro atoms. The first-order chi connectivity index (χ1) is 6.92. The third kappa shape index (κ3) is 5.07. The quantitative estimate of drug-likeness (QED) is 0.498. The van der Waals surface area contributed by atoms with Crippen molar-refractivity contribution in [3.05, 3.63) is 0 Å². The van der Waals surface area contributed by atoms with Crippen LogP contribution in [0.1, 0.15) is 59.3 Å². The van der Waals surface area contributed by atoms with Gasteiger partial charge in [-0.15, -0.1) is 0 Å². The predicted molar refractivity (Wildman–Crippen MR) is 59.7 cm³/mol. The van der Waals surface area contributed by atoms with Gasteiger partial charge in [0.05, 0.1) is 0 Å². The van der Waals surface area contributed by atoms with Gasteiger partial charge in [-0.1, -0.05) is 32.6 Å². The van der Waals surface area contributed by atoms with Crippen LogP contribution in [0.3, 0.4) is 0 Å². The maximum absolute atomic E-state index is 11.5. The monoisotopic (exact) mass is 214 g/mol. The van der Waals surface area contributed by atoms with E-state index < -0.39 is 11.4 Å². The molecule has 0 fully saturated rings. The molecule has 0 rings (SSSR count). The lowest BCUT2D eigenvalue weighted by Crippen LogP contribution is -2.42. The minimum Gasteiger partial charge on any atom is -0.375 e. The molecule has 0 aliphatic carbocycles. The van der Waals surface area contributed by atoms with E-state index in [0.29, 0.717) is 6.42 Å². The van der Waals surface area contributed by atoms with Gasteiger partial charge in [0.1, 0.15) is 0 Å². The summed E-state index contributed by atoms with van der Waals surface area (Å²) in [5, 5.41) is 9.56. The van der Waals surface area contributed by atoms with Crippen molar-refractivity contribution in [3.63, 3.8) is 0 Å². The third-order valence-corrected chi connectivity index (χ3v) is 2.74. The van der Waals surface area contributed by atoms with E-state index in [2.05, 4.69) is 6.92 Å². The van der Waals surface area contributed by atoms with Gasteiger partial charge in [-0.05, 0) is 20.3 Å². The summed E-state index contributed by atoms with van der Waals surface area (Å²) >= 11 is 0. The van der Waals surface area contributed by atoms with Crippen LogP contribution >= 0.6 is 0 Å².